The predicted octanol–water partition coefficient (Wildman–Crippen LogP) is 3.39. The molecule has 1 aromatic heterocycles. The molecule has 18 heteroatoms. The number of methoxy groups -OCH3 is 1. The first-order chi connectivity index (χ1) is 28.3. The summed E-state index contributed by atoms with van der Waals surface area (Å²) in [5.74, 6) is -3.46. The fourth-order valence-corrected chi connectivity index (χ4v) is 7.58. The predicted molar refractivity (Wildman–Crippen MR) is 223 cm³/mol. The number of aliphatic imine (C=N–C) groups is 1. The van der Waals surface area contributed by atoms with E-state index in [1.54, 1.807) is 16.7 Å². The molecule has 4 amide bonds. The van der Waals surface area contributed by atoms with Crippen molar-refractivity contribution in [1.29, 1.82) is 0 Å². The summed E-state index contributed by atoms with van der Waals surface area (Å²) in [4.78, 5) is 66.0. The minimum Gasteiger partial charge on any atom is -0.404 e. The van der Waals surface area contributed by atoms with Crippen molar-refractivity contribution in [2.75, 3.05) is 84.5 Å². The van der Waals surface area contributed by atoms with E-state index in [0.29, 0.717) is 70.3 Å². The Morgan fingerprint density at radius 1 is 1.10 bits per heavy atom. The van der Waals surface area contributed by atoms with Gasteiger partial charge in [-0.3, -0.25) is 29.1 Å². The highest BCUT2D eigenvalue weighted by molar-refractivity contribution is 6.34. The molecule has 0 atom stereocenters. The van der Waals surface area contributed by atoms with E-state index in [4.69, 9.17) is 27.8 Å². The minimum atomic E-state index is -1.15. The van der Waals surface area contributed by atoms with E-state index in [-0.39, 0.29) is 68.8 Å². The number of imidazole rings is 1. The molecule has 6 N–H and O–H groups in total. The van der Waals surface area contributed by atoms with Crippen LogP contribution in [0.25, 0.3) is 16.8 Å². The number of hydrogen-bond donors (Lipinski definition) is 4. The molecule has 3 heterocycles. The molecule has 2 fully saturated rings. The van der Waals surface area contributed by atoms with Crippen LogP contribution in [0.15, 0.2) is 47.7 Å². The maximum atomic E-state index is 15.5. The smallest absolute Gasteiger partial charge is 0.291 e. The molecule has 0 unspecified atom stereocenters. The molecule has 0 bridgehead atoms. The zero-order valence-corrected chi connectivity index (χ0v) is 34.7. The fourth-order valence-electron chi connectivity index (χ4n) is 7.32. The Hall–Kier alpha value is -5.23. The van der Waals surface area contributed by atoms with Crippen molar-refractivity contribution in [3.8, 4) is 11.3 Å². The zero-order chi connectivity index (χ0) is 42.8. The van der Waals surface area contributed by atoms with Crippen molar-refractivity contribution in [1.82, 2.24) is 29.6 Å². The van der Waals surface area contributed by atoms with Crippen LogP contribution in [0.1, 0.15) is 53.2 Å². The van der Waals surface area contributed by atoms with E-state index in [9.17, 15) is 19.2 Å². The van der Waals surface area contributed by atoms with Crippen LogP contribution in [0.5, 0.6) is 0 Å². The third kappa shape index (κ3) is 10.9. The normalized spacial score (nSPS) is 15.4. The fraction of sp³-hybridized carbons (Fsp3) is 0.463. The zero-order valence-electron chi connectivity index (χ0n) is 33.9. The van der Waals surface area contributed by atoms with Crippen molar-refractivity contribution in [3.63, 3.8) is 0 Å². The average Bonchev–Trinajstić information content (AvgIpc) is 3.58. The summed E-state index contributed by atoms with van der Waals surface area (Å²) in [6.07, 6.45) is 3.42. The first-order valence-electron chi connectivity index (χ1n) is 19.6. The van der Waals surface area contributed by atoms with Gasteiger partial charge < -0.3 is 41.2 Å². The number of amides is 4. The SMILES string of the molecule is CCN(CCN(CC(N)=O)CC1CNC1)C(=O)C1CCN(C(=O)c2ccc(NC(=O)c3ncc(-c4ccc(C(=CN)C(C)=NCCOC)c(F)c4F)n3C)cc2Cl)CC1. The molecule has 2 aromatic carbocycles. The van der Waals surface area contributed by atoms with Gasteiger partial charge in [0.25, 0.3) is 11.8 Å². The van der Waals surface area contributed by atoms with Crippen LogP contribution in [0.3, 0.4) is 0 Å². The molecular formula is C41H53ClF2N10O5. The number of piperidine rings is 1. The lowest BCUT2D eigenvalue weighted by molar-refractivity contribution is -0.137. The van der Waals surface area contributed by atoms with E-state index < -0.39 is 23.4 Å². The number of rotatable bonds is 18. The van der Waals surface area contributed by atoms with Crippen molar-refractivity contribution in [2.45, 2.75) is 26.7 Å². The number of likely N-dealkylation sites (N-methyl/N-ethyl adjacent to an activating group) is 1. The minimum absolute atomic E-state index is 0.0289. The molecule has 15 nitrogen and oxygen atoms in total. The highest BCUT2D eigenvalue weighted by Gasteiger charge is 2.32. The molecule has 0 radical (unpaired) electrons. The van der Waals surface area contributed by atoms with E-state index >= 15 is 8.78 Å². The van der Waals surface area contributed by atoms with Gasteiger partial charge >= 0.3 is 0 Å². The summed E-state index contributed by atoms with van der Waals surface area (Å²) in [7, 11) is 3.03. The number of aromatic nitrogens is 2. The van der Waals surface area contributed by atoms with Gasteiger partial charge in [0.05, 0.1) is 42.2 Å². The molecule has 0 spiro atoms. The number of allylic oxidation sites excluding steroid dienone is 1. The Morgan fingerprint density at radius 2 is 1.81 bits per heavy atom. The molecular weight excluding hydrogens is 786 g/mol. The lowest BCUT2D eigenvalue weighted by Crippen LogP contribution is -2.51. The largest absolute Gasteiger partial charge is 0.404 e. The van der Waals surface area contributed by atoms with E-state index in [2.05, 4.69) is 20.6 Å². The van der Waals surface area contributed by atoms with Gasteiger partial charge in [-0.15, -0.1) is 0 Å². The number of benzene rings is 2. The van der Waals surface area contributed by atoms with Crippen molar-refractivity contribution in [3.05, 3.63) is 76.3 Å². The van der Waals surface area contributed by atoms with Gasteiger partial charge in [0, 0.05) is 107 Å². The number of nitrogens with one attached hydrogen (secondary N) is 2. The Kier molecular flexibility index (Phi) is 15.7. The summed E-state index contributed by atoms with van der Waals surface area (Å²) < 4.78 is 37.3. The Labute approximate surface area is 347 Å². The maximum absolute atomic E-state index is 15.5. The highest BCUT2D eigenvalue weighted by Crippen LogP contribution is 2.31. The van der Waals surface area contributed by atoms with Gasteiger partial charge in [-0.2, -0.15) is 0 Å². The standard InChI is InChI=1S/C41H53ClF2N10O5/c1-5-53(16-15-52(24-35(46)55)23-26-20-47-21-26)40(57)27-10-13-54(14-11-27)41(58)30-7-6-28(18-33(30)42)50-39(56)38-49-22-34(51(38)3)31-9-8-29(36(43)37(31)44)32(19-45)25(2)48-12-17-59-4/h6-9,18-19,22,26-27,47H,5,10-17,20-21,23-24,45H2,1-4H3,(H2,46,55)(H,50,56). The van der Waals surface area contributed by atoms with E-state index in [1.807, 2.05) is 11.8 Å². The number of hydrogen-bond acceptors (Lipinski definition) is 10. The van der Waals surface area contributed by atoms with Crippen LogP contribution in [-0.4, -0.2) is 133 Å². The Balaban J connectivity index is 1.17. The third-order valence-electron chi connectivity index (χ3n) is 10.8. The van der Waals surface area contributed by atoms with Gasteiger partial charge in [0.2, 0.25) is 11.8 Å². The topological polar surface area (TPSA) is 194 Å². The maximum Gasteiger partial charge on any atom is 0.291 e. The Morgan fingerprint density at radius 3 is 2.42 bits per heavy atom. The molecule has 0 aliphatic carbocycles. The first-order valence-corrected chi connectivity index (χ1v) is 20.0. The number of halogens is 3. The summed E-state index contributed by atoms with van der Waals surface area (Å²) in [5.41, 5.74) is 12.4. The number of likely N-dealkylation sites (tertiary alicyclic amines) is 1. The van der Waals surface area contributed by atoms with Gasteiger partial charge in [-0.25, -0.2) is 13.8 Å². The molecule has 59 heavy (non-hydrogen) atoms. The molecule has 0 saturated carbocycles. The van der Waals surface area contributed by atoms with Crippen molar-refractivity contribution < 1.29 is 32.7 Å². The lowest BCUT2D eigenvalue weighted by Gasteiger charge is -2.36. The molecule has 2 saturated heterocycles. The van der Waals surface area contributed by atoms with Crippen molar-refractivity contribution in [2.24, 2.45) is 35.3 Å². The van der Waals surface area contributed by atoms with Gasteiger partial charge in [-0.05, 0) is 56.9 Å². The van der Waals surface area contributed by atoms with Crippen LogP contribution in [0.2, 0.25) is 5.02 Å². The lowest BCUT2D eigenvalue weighted by atomic mass is 9.94. The monoisotopic (exact) mass is 838 g/mol. The molecule has 5 rings (SSSR count). The number of ether oxygens (including phenoxy) is 1. The first kappa shape index (κ1) is 44.9. The molecule has 2 aliphatic heterocycles. The number of nitrogens with zero attached hydrogens (tertiary/aromatic N) is 6. The number of primary amides is 1. The second-order valence-electron chi connectivity index (χ2n) is 14.7. The van der Waals surface area contributed by atoms with Crippen LogP contribution in [0.4, 0.5) is 14.5 Å². The number of anilines is 1. The number of carbonyl (C=O) groups is 4. The van der Waals surface area contributed by atoms with Crippen LogP contribution < -0.4 is 22.1 Å². The Bertz CT molecular complexity index is 2080. The average molecular weight is 839 g/mol. The summed E-state index contributed by atoms with van der Waals surface area (Å²) in [6, 6.07) is 7.28. The summed E-state index contributed by atoms with van der Waals surface area (Å²) >= 11 is 6.57. The van der Waals surface area contributed by atoms with Gasteiger partial charge in [0.1, 0.15) is 0 Å². The second kappa shape index (κ2) is 20.6. The molecule has 3 aromatic rings. The quantitative estimate of drug-likeness (QED) is 0.110. The number of nitrogens with two attached hydrogens (primary N) is 2. The van der Waals surface area contributed by atoms with Gasteiger partial charge in [0.15, 0.2) is 17.5 Å². The molecule has 318 valence electrons. The van der Waals surface area contributed by atoms with Crippen LogP contribution in [0, 0.1) is 23.5 Å². The van der Waals surface area contributed by atoms with Crippen LogP contribution >= 0.6 is 11.6 Å². The van der Waals surface area contributed by atoms with E-state index in [1.165, 1.54) is 61.5 Å². The van der Waals surface area contributed by atoms with Crippen LogP contribution in [-0.2, 0) is 21.4 Å². The summed E-state index contributed by atoms with van der Waals surface area (Å²) in [5, 5.41) is 6.05. The van der Waals surface area contributed by atoms with Crippen molar-refractivity contribution >= 4 is 52.2 Å². The summed E-state index contributed by atoms with van der Waals surface area (Å²) in [6.45, 7) is 9.23. The molecule has 2 aliphatic rings. The third-order valence-corrected chi connectivity index (χ3v) is 11.1. The number of carbonyl (C=O) groups excluding carboxylic acids is 4. The van der Waals surface area contributed by atoms with E-state index in [0.717, 1.165) is 19.6 Å². The van der Waals surface area contributed by atoms with Gasteiger partial charge in [-0.1, -0.05) is 17.7 Å². The highest BCUT2D eigenvalue weighted by atomic mass is 35.5. The second-order valence-corrected chi connectivity index (χ2v) is 15.1.